The number of benzene rings is 2. The Kier molecular flexibility index (Phi) is 5.00. The summed E-state index contributed by atoms with van der Waals surface area (Å²) in [7, 11) is 0. The summed E-state index contributed by atoms with van der Waals surface area (Å²) in [6.45, 7) is 6.57. The number of H-pyrrole nitrogens is 1. The minimum absolute atomic E-state index is 0.0120. The molecule has 0 unspecified atom stereocenters. The molecule has 2 aromatic carbocycles. The van der Waals surface area contributed by atoms with E-state index in [-0.39, 0.29) is 62.9 Å². The SMILES string of the molecule is CC(C)(C)c1ccc([C@@H]2c3sc(=O)[nH]c3S[C@@H]3[C@@H]4C[C@H]([C@H]5C(=O)N(c6ccc(F)cc6)C(=O)[C@H]45)[C@H]23)cc1. The first-order valence-corrected chi connectivity index (χ1v) is 14.5. The molecular weight excluding hydrogens is 507 g/mol. The van der Waals surface area contributed by atoms with Gasteiger partial charge in [-0.3, -0.25) is 19.3 Å². The smallest absolute Gasteiger partial charge is 0.305 e. The number of carbonyl (C=O) groups excluding carboxylic acids is 2. The summed E-state index contributed by atoms with van der Waals surface area (Å²) in [5, 5.41) is 1.07. The Bertz CT molecular complexity index is 1490. The van der Waals surface area contributed by atoms with E-state index in [1.54, 1.807) is 11.8 Å². The maximum Gasteiger partial charge on any atom is 0.305 e. The van der Waals surface area contributed by atoms with Crippen LogP contribution in [0.1, 0.15) is 49.1 Å². The van der Waals surface area contributed by atoms with E-state index < -0.39 is 5.82 Å². The van der Waals surface area contributed by atoms with Crippen LogP contribution in [0.2, 0.25) is 0 Å². The number of carbonyl (C=O) groups is 2. The van der Waals surface area contributed by atoms with E-state index in [1.165, 1.54) is 46.1 Å². The predicted molar refractivity (Wildman–Crippen MR) is 143 cm³/mol. The van der Waals surface area contributed by atoms with Crippen molar-refractivity contribution < 1.29 is 14.0 Å². The van der Waals surface area contributed by atoms with Gasteiger partial charge in [0.25, 0.3) is 0 Å². The highest BCUT2D eigenvalue weighted by Crippen LogP contribution is 2.68. The molecule has 3 fully saturated rings. The molecular formula is C29H27FN2O3S2. The highest BCUT2D eigenvalue weighted by Gasteiger charge is 2.69. The highest BCUT2D eigenvalue weighted by molar-refractivity contribution is 8.00. The quantitative estimate of drug-likeness (QED) is 0.438. The lowest BCUT2D eigenvalue weighted by Gasteiger charge is -2.43. The third-order valence-electron chi connectivity index (χ3n) is 8.94. The van der Waals surface area contributed by atoms with Crippen LogP contribution in [-0.2, 0) is 15.0 Å². The van der Waals surface area contributed by atoms with Gasteiger partial charge in [-0.05, 0) is 65.0 Å². The van der Waals surface area contributed by atoms with Gasteiger partial charge < -0.3 is 4.98 Å². The normalized spacial score (nSPS) is 32.0. The molecule has 3 heterocycles. The van der Waals surface area contributed by atoms with E-state index in [0.717, 1.165) is 21.9 Å². The first-order valence-electron chi connectivity index (χ1n) is 12.8. The lowest BCUT2D eigenvalue weighted by molar-refractivity contribution is -0.123. The van der Waals surface area contributed by atoms with Gasteiger partial charge in [-0.15, -0.1) is 11.8 Å². The second kappa shape index (κ2) is 7.90. The summed E-state index contributed by atoms with van der Waals surface area (Å²) >= 11 is 2.97. The molecule has 37 heavy (non-hydrogen) atoms. The van der Waals surface area contributed by atoms with E-state index in [4.69, 9.17) is 0 Å². The van der Waals surface area contributed by atoms with Gasteiger partial charge in [0.05, 0.1) is 22.5 Å². The fourth-order valence-electron chi connectivity index (χ4n) is 7.43. The van der Waals surface area contributed by atoms with Gasteiger partial charge in [0, 0.05) is 16.0 Å². The topological polar surface area (TPSA) is 70.2 Å². The molecule has 1 aromatic heterocycles. The number of aromatic amines is 1. The van der Waals surface area contributed by atoms with Gasteiger partial charge >= 0.3 is 4.87 Å². The summed E-state index contributed by atoms with van der Waals surface area (Å²) in [6.07, 6.45) is 0.849. The van der Waals surface area contributed by atoms with Gasteiger partial charge in [-0.25, -0.2) is 4.39 Å². The molecule has 2 saturated carbocycles. The zero-order chi connectivity index (χ0) is 25.8. The van der Waals surface area contributed by atoms with Crippen LogP contribution in [0.5, 0.6) is 0 Å². The van der Waals surface area contributed by atoms with Gasteiger partial charge in [-0.2, -0.15) is 0 Å². The van der Waals surface area contributed by atoms with Crippen LogP contribution in [-0.4, -0.2) is 22.0 Å². The fraction of sp³-hybridized carbons (Fsp3) is 0.414. The van der Waals surface area contributed by atoms with Crippen LogP contribution in [0.15, 0.2) is 58.4 Å². The lowest BCUT2D eigenvalue weighted by Crippen LogP contribution is -2.42. The van der Waals surface area contributed by atoms with Crippen LogP contribution >= 0.6 is 23.1 Å². The second-order valence-corrected chi connectivity index (χ2v) is 14.0. The molecule has 1 saturated heterocycles. The molecule has 2 amide bonds. The summed E-state index contributed by atoms with van der Waals surface area (Å²) in [6, 6.07) is 14.3. The Morgan fingerprint density at radius 1 is 0.919 bits per heavy atom. The number of nitrogens with one attached hydrogen (secondary N) is 1. The van der Waals surface area contributed by atoms with Crippen LogP contribution in [0.4, 0.5) is 10.1 Å². The van der Waals surface area contributed by atoms with Crippen LogP contribution in [0.3, 0.4) is 0 Å². The Hall–Kier alpha value is -2.71. The Morgan fingerprint density at radius 3 is 2.22 bits per heavy atom. The molecule has 7 rings (SSSR count). The second-order valence-electron chi connectivity index (χ2n) is 11.8. The van der Waals surface area contributed by atoms with Crippen molar-refractivity contribution >= 4 is 40.6 Å². The van der Waals surface area contributed by atoms with Crippen molar-refractivity contribution in [1.29, 1.82) is 0 Å². The van der Waals surface area contributed by atoms with E-state index in [2.05, 4.69) is 50.0 Å². The number of anilines is 1. The number of thiazole rings is 1. The summed E-state index contributed by atoms with van der Waals surface area (Å²) < 4.78 is 13.5. The van der Waals surface area contributed by atoms with Gasteiger partial charge in [0.15, 0.2) is 0 Å². The molecule has 5 nitrogen and oxygen atoms in total. The van der Waals surface area contributed by atoms with Crippen LogP contribution < -0.4 is 9.77 Å². The van der Waals surface area contributed by atoms with Crippen molar-refractivity contribution in [2.75, 3.05) is 4.90 Å². The standard InChI is InChI=1S/C29H27FN2O3S2/c1-29(2,3)14-6-4-13(5-7-14)19-20-17-12-18(23(20)36-25-24(19)37-28(35)31-25)22-21(17)26(33)32(27(22)34)16-10-8-15(30)9-11-16/h4-11,17-23H,12H2,1-3H3,(H,31,35)/t17-,18+,19-,20+,21+,22+,23+/m0/s1. The number of hydrogen-bond donors (Lipinski definition) is 1. The predicted octanol–water partition coefficient (Wildman–Crippen LogP) is 5.55. The van der Waals surface area contributed by atoms with Crippen molar-refractivity contribution in [3.05, 3.63) is 80.0 Å². The van der Waals surface area contributed by atoms with E-state index >= 15 is 0 Å². The minimum atomic E-state index is -0.397. The number of fused-ring (bicyclic) bond motifs is 9. The average molecular weight is 535 g/mol. The number of rotatable bonds is 2. The van der Waals surface area contributed by atoms with Crippen molar-refractivity contribution in [3.8, 4) is 0 Å². The van der Waals surface area contributed by atoms with Gasteiger partial charge in [0.2, 0.25) is 11.8 Å². The molecule has 4 aliphatic rings. The Labute approximate surface area is 222 Å². The number of imide groups is 1. The molecule has 7 atom stereocenters. The third-order valence-corrected chi connectivity index (χ3v) is 11.5. The highest BCUT2D eigenvalue weighted by atomic mass is 32.2. The molecule has 0 radical (unpaired) electrons. The van der Waals surface area contributed by atoms with Crippen LogP contribution in [0.25, 0.3) is 0 Å². The first kappa shape index (κ1) is 23.4. The summed E-state index contributed by atoms with van der Waals surface area (Å²) in [4.78, 5) is 45.2. The average Bonchev–Trinajstić information content (AvgIpc) is 3.58. The molecule has 8 heteroatoms. The van der Waals surface area contributed by atoms with E-state index in [9.17, 15) is 18.8 Å². The van der Waals surface area contributed by atoms with Gasteiger partial charge in [0.1, 0.15) is 5.82 Å². The first-order chi connectivity index (χ1) is 17.6. The molecule has 3 aromatic rings. The molecule has 2 bridgehead atoms. The van der Waals surface area contributed by atoms with Crippen molar-refractivity contribution in [3.63, 3.8) is 0 Å². The van der Waals surface area contributed by atoms with E-state index in [1.807, 2.05) is 0 Å². The zero-order valence-electron chi connectivity index (χ0n) is 20.7. The number of halogens is 1. The zero-order valence-corrected chi connectivity index (χ0v) is 22.4. The summed E-state index contributed by atoms with van der Waals surface area (Å²) in [5.74, 6) is -1.13. The molecule has 190 valence electrons. The van der Waals surface area contributed by atoms with Crippen molar-refractivity contribution in [1.82, 2.24) is 4.98 Å². The largest absolute Gasteiger partial charge is 0.307 e. The molecule has 2 aliphatic carbocycles. The molecule has 2 aliphatic heterocycles. The summed E-state index contributed by atoms with van der Waals surface area (Å²) in [5.41, 5.74) is 2.89. The Morgan fingerprint density at radius 2 is 1.57 bits per heavy atom. The number of hydrogen-bond acceptors (Lipinski definition) is 5. The minimum Gasteiger partial charge on any atom is -0.307 e. The molecule has 1 N–H and O–H groups in total. The van der Waals surface area contributed by atoms with Crippen molar-refractivity contribution in [2.24, 2.45) is 29.6 Å². The number of amides is 2. The monoisotopic (exact) mass is 534 g/mol. The fourth-order valence-corrected chi connectivity index (χ4v) is 10.3. The maximum absolute atomic E-state index is 13.7. The number of nitrogens with zero attached hydrogens (tertiary/aromatic N) is 1. The third kappa shape index (κ3) is 3.31. The number of aromatic nitrogens is 1. The number of thioether (sulfide) groups is 1. The maximum atomic E-state index is 13.7. The Balaban J connectivity index is 1.30. The van der Waals surface area contributed by atoms with E-state index in [0.29, 0.717) is 5.69 Å². The van der Waals surface area contributed by atoms with Crippen LogP contribution in [0, 0.1) is 35.4 Å². The molecule has 0 spiro atoms. The van der Waals surface area contributed by atoms with Crippen molar-refractivity contribution in [2.45, 2.75) is 48.8 Å². The van der Waals surface area contributed by atoms with Gasteiger partial charge in [-0.1, -0.05) is 56.4 Å². The lowest BCUT2D eigenvalue weighted by atomic mass is 9.68.